The molecule has 1 saturated carbocycles. The summed E-state index contributed by atoms with van der Waals surface area (Å²) >= 11 is 0. The molecule has 0 aliphatic heterocycles. The topological polar surface area (TPSA) is 17.1 Å². The molecule has 0 bridgehead atoms. The SMILES string of the molecule is Cc1ccc([C@H]2CC(=O)C[C@@H]2c2ccc(C)cc2)cc1. The first-order valence-corrected chi connectivity index (χ1v) is 7.28. The van der Waals surface area contributed by atoms with Gasteiger partial charge in [-0.3, -0.25) is 4.79 Å². The van der Waals surface area contributed by atoms with Gasteiger partial charge in [-0.05, 0) is 36.8 Å². The standard InChI is InChI=1S/C19H20O/c1-13-3-7-15(8-4-13)18-11-17(20)12-19(18)16-9-5-14(2)6-10-16/h3-10,18-19H,11-12H2,1-2H3/t18-,19-/m1/s1. The molecule has 0 saturated heterocycles. The minimum absolute atomic E-state index is 0.339. The average Bonchev–Trinajstić information content (AvgIpc) is 2.82. The molecule has 0 aromatic heterocycles. The lowest BCUT2D eigenvalue weighted by Crippen LogP contribution is -2.04. The summed E-state index contributed by atoms with van der Waals surface area (Å²) in [5, 5.41) is 0. The summed E-state index contributed by atoms with van der Waals surface area (Å²) in [5.74, 6) is 1.07. The molecule has 0 heterocycles. The Morgan fingerprint density at radius 2 is 1.05 bits per heavy atom. The van der Waals surface area contributed by atoms with Gasteiger partial charge in [0.05, 0.1) is 0 Å². The van der Waals surface area contributed by atoms with Crippen LogP contribution in [0.3, 0.4) is 0 Å². The number of ketones is 1. The van der Waals surface area contributed by atoms with Crippen LogP contribution in [0.2, 0.25) is 0 Å². The van der Waals surface area contributed by atoms with Crippen LogP contribution >= 0.6 is 0 Å². The first kappa shape index (κ1) is 13.1. The molecule has 1 heteroatoms. The molecule has 3 rings (SSSR count). The lowest BCUT2D eigenvalue weighted by atomic mass is 9.84. The van der Waals surface area contributed by atoms with Crippen molar-refractivity contribution in [1.29, 1.82) is 0 Å². The lowest BCUT2D eigenvalue weighted by molar-refractivity contribution is -0.117. The molecular formula is C19H20O. The van der Waals surface area contributed by atoms with Gasteiger partial charge in [-0.1, -0.05) is 59.7 Å². The van der Waals surface area contributed by atoms with E-state index in [0.29, 0.717) is 30.5 Å². The maximum absolute atomic E-state index is 11.9. The van der Waals surface area contributed by atoms with Gasteiger partial charge in [0.2, 0.25) is 0 Å². The van der Waals surface area contributed by atoms with Crippen molar-refractivity contribution in [2.24, 2.45) is 0 Å². The van der Waals surface area contributed by atoms with Crippen LogP contribution in [0.5, 0.6) is 0 Å². The largest absolute Gasteiger partial charge is 0.300 e. The molecular weight excluding hydrogens is 244 g/mol. The van der Waals surface area contributed by atoms with Crippen molar-refractivity contribution < 1.29 is 4.79 Å². The Kier molecular flexibility index (Phi) is 3.43. The third-order valence-corrected chi connectivity index (χ3v) is 4.39. The van der Waals surface area contributed by atoms with Crippen molar-refractivity contribution in [3.05, 3.63) is 70.8 Å². The number of Topliss-reactive ketones (excluding diaryl/α,β-unsaturated/α-hetero) is 1. The van der Waals surface area contributed by atoms with Crippen molar-refractivity contribution in [3.63, 3.8) is 0 Å². The first-order valence-electron chi connectivity index (χ1n) is 7.28. The highest BCUT2D eigenvalue weighted by Crippen LogP contribution is 2.44. The van der Waals surface area contributed by atoms with E-state index in [0.717, 1.165) is 0 Å². The highest BCUT2D eigenvalue weighted by molar-refractivity contribution is 5.83. The predicted molar refractivity (Wildman–Crippen MR) is 82.1 cm³/mol. The number of rotatable bonds is 2. The summed E-state index contributed by atoms with van der Waals surface area (Å²) < 4.78 is 0. The fourth-order valence-corrected chi connectivity index (χ4v) is 3.19. The van der Waals surface area contributed by atoms with E-state index in [1.165, 1.54) is 22.3 Å². The lowest BCUT2D eigenvalue weighted by Gasteiger charge is -2.20. The van der Waals surface area contributed by atoms with E-state index < -0.39 is 0 Å². The zero-order valence-corrected chi connectivity index (χ0v) is 12.1. The van der Waals surface area contributed by atoms with Crippen molar-refractivity contribution in [1.82, 2.24) is 0 Å². The third-order valence-electron chi connectivity index (χ3n) is 4.39. The number of carbonyl (C=O) groups is 1. The monoisotopic (exact) mass is 264 g/mol. The fourth-order valence-electron chi connectivity index (χ4n) is 3.19. The summed E-state index contributed by atoms with van der Waals surface area (Å²) in [7, 11) is 0. The Bertz CT molecular complexity index is 552. The van der Waals surface area contributed by atoms with Crippen LogP contribution in [-0.4, -0.2) is 5.78 Å². The molecule has 2 aromatic carbocycles. The van der Waals surface area contributed by atoms with Crippen LogP contribution in [0.1, 0.15) is 46.9 Å². The normalized spacial score (nSPS) is 22.2. The second-order valence-electron chi connectivity index (χ2n) is 5.98. The van der Waals surface area contributed by atoms with Gasteiger partial charge < -0.3 is 0 Å². The smallest absolute Gasteiger partial charge is 0.134 e. The minimum Gasteiger partial charge on any atom is -0.300 e. The van der Waals surface area contributed by atoms with Gasteiger partial charge in [-0.2, -0.15) is 0 Å². The predicted octanol–water partition coefficient (Wildman–Crippen LogP) is 4.53. The van der Waals surface area contributed by atoms with Gasteiger partial charge in [-0.15, -0.1) is 0 Å². The molecule has 1 fully saturated rings. The average molecular weight is 264 g/mol. The third kappa shape index (κ3) is 2.53. The molecule has 2 atom stereocenters. The van der Waals surface area contributed by atoms with Crippen molar-refractivity contribution in [2.45, 2.75) is 38.5 Å². The summed E-state index contributed by atoms with van der Waals surface area (Å²) in [6.07, 6.45) is 1.36. The van der Waals surface area contributed by atoms with Crippen LogP contribution in [0.25, 0.3) is 0 Å². The van der Waals surface area contributed by atoms with Gasteiger partial charge in [-0.25, -0.2) is 0 Å². The Morgan fingerprint density at radius 1 is 0.700 bits per heavy atom. The van der Waals surface area contributed by atoms with Gasteiger partial charge in [0.15, 0.2) is 0 Å². The molecule has 1 aliphatic carbocycles. The van der Waals surface area contributed by atoms with E-state index >= 15 is 0 Å². The van der Waals surface area contributed by atoms with Crippen LogP contribution in [0, 0.1) is 13.8 Å². The number of hydrogen-bond donors (Lipinski definition) is 0. The van der Waals surface area contributed by atoms with E-state index in [1.807, 2.05) is 0 Å². The number of aryl methyl sites for hydroxylation is 2. The Labute approximate surface area is 120 Å². The summed E-state index contributed by atoms with van der Waals surface area (Å²) in [6, 6.07) is 17.3. The molecule has 1 nitrogen and oxygen atoms in total. The van der Waals surface area contributed by atoms with Gasteiger partial charge >= 0.3 is 0 Å². The Morgan fingerprint density at radius 3 is 1.40 bits per heavy atom. The molecule has 0 amide bonds. The fraction of sp³-hybridized carbons (Fsp3) is 0.316. The van der Waals surface area contributed by atoms with Crippen molar-refractivity contribution in [2.75, 3.05) is 0 Å². The van der Waals surface area contributed by atoms with E-state index in [4.69, 9.17) is 0 Å². The number of hydrogen-bond acceptors (Lipinski definition) is 1. The highest BCUT2D eigenvalue weighted by Gasteiger charge is 2.34. The number of carbonyl (C=O) groups excluding carboxylic acids is 1. The maximum Gasteiger partial charge on any atom is 0.134 e. The second kappa shape index (κ2) is 5.24. The molecule has 0 unspecified atom stereocenters. The molecule has 20 heavy (non-hydrogen) atoms. The summed E-state index contributed by atoms with van der Waals surface area (Å²) in [5.41, 5.74) is 5.13. The van der Waals surface area contributed by atoms with Crippen LogP contribution in [0.4, 0.5) is 0 Å². The quantitative estimate of drug-likeness (QED) is 0.778. The first-order chi connectivity index (χ1) is 9.63. The van der Waals surface area contributed by atoms with E-state index in [9.17, 15) is 4.79 Å². The molecule has 102 valence electrons. The van der Waals surface area contributed by atoms with Crippen LogP contribution in [-0.2, 0) is 4.79 Å². The molecule has 0 radical (unpaired) electrons. The summed E-state index contributed by atoms with van der Waals surface area (Å²) in [4.78, 5) is 11.9. The second-order valence-corrected chi connectivity index (χ2v) is 5.98. The number of benzene rings is 2. The van der Waals surface area contributed by atoms with Gasteiger partial charge in [0.1, 0.15) is 5.78 Å². The molecule has 1 aliphatic rings. The zero-order chi connectivity index (χ0) is 14.1. The van der Waals surface area contributed by atoms with E-state index in [1.54, 1.807) is 0 Å². The molecule has 0 N–H and O–H groups in total. The molecule has 2 aromatic rings. The van der Waals surface area contributed by atoms with Crippen molar-refractivity contribution >= 4 is 5.78 Å². The minimum atomic E-state index is 0.339. The highest BCUT2D eigenvalue weighted by atomic mass is 16.1. The Hall–Kier alpha value is -1.89. The Balaban J connectivity index is 1.94. The maximum atomic E-state index is 11.9. The van der Waals surface area contributed by atoms with Gasteiger partial charge in [0, 0.05) is 12.8 Å². The zero-order valence-electron chi connectivity index (χ0n) is 12.1. The van der Waals surface area contributed by atoms with E-state index in [2.05, 4.69) is 62.4 Å². The van der Waals surface area contributed by atoms with Gasteiger partial charge in [0.25, 0.3) is 0 Å². The van der Waals surface area contributed by atoms with Crippen LogP contribution < -0.4 is 0 Å². The summed E-state index contributed by atoms with van der Waals surface area (Å²) in [6.45, 7) is 4.20. The van der Waals surface area contributed by atoms with Crippen molar-refractivity contribution in [3.8, 4) is 0 Å². The van der Waals surface area contributed by atoms with Crippen LogP contribution in [0.15, 0.2) is 48.5 Å². The molecule has 0 spiro atoms. The van der Waals surface area contributed by atoms with E-state index in [-0.39, 0.29) is 0 Å².